The third kappa shape index (κ3) is 7.37. The summed E-state index contributed by atoms with van der Waals surface area (Å²) >= 11 is 0. The summed E-state index contributed by atoms with van der Waals surface area (Å²) in [5.41, 5.74) is 0.540. The molecule has 0 aromatic carbocycles. The second kappa shape index (κ2) is 10.6. The van der Waals surface area contributed by atoms with Gasteiger partial charge in [-0.2, -0.15) is 0 Å². The molecular formula is C20H30N4O3. The maximum atomic E-state index is 12.7. The van der Waals surface area contributed by atoms with Crippen molar-refractivity contribution in [2.75, 3.05) is 12.4 Å². The van der Waals surface area contributed by atoms with Gasteiger partial charge >= 0.3 is 5.97 Å². The lowest BCUT2D eigenvalue weighted by Crippen LogP contribution is -2.46. The van der Waals surface area contributed by atoms with Crippen LogP contribution >= 0.6 is 0 Å². The molecule has 1 aliphatic rings. The molecule has 0 unspecified atom stereocenters. The number of nitrogens with zero attached hydrogens (tertiary/aromatic N) is 2. The Morgan fingerprint density at radius 2 is 1.96 bits per heavy atom. The molecule has 1 amide bonds. The number of hydrogen-bond acceptors (Lipinski definition) is 6. The van der Waals surface area contributed by atoms with E-state index in [9.17, 15) is 9.59 Å². The predicted octanol–water partition coefficient (Wildman–Crippen LogP) is 2.94. The molecule has 27 heavy (non-hydrogen) atoms. The Morgan fingerprint density at radius 3 is 2.56 bits per heavy atom. The predicted molar refractivity (Wildman–Crippen MR) is 105 cm³/mol. The number of nitrogens with one attached hydrogen (secondary N) is 2. The standard InChI is InChI=1S/C20H30N4O3/c1-14(2)11-17(20(26)23-15-7-5-4-6-8-15)24-18-13-21-16(12-22-18)9-10-19(25)27-3/h9-10,12-15,17H,4-8,11H2,1-3H3,(H,22,24)(H,23,26)/t17-/m1/s1. The third-order valence-electron chi connectivity index (χ3n) is 4.56. The van der Waals surface area contributed by atoms with Crippen LogP contribution < -0.4 is 10.6 Å². The molecule has 2 rings (SSSR count). The number of carbonyl (C=O) groups is 2. The van der Waals surface area contributed by atoms with E-state index in [1.807, 2.05) is 0 Å². The SMILES string of the molecule is COC(=O)C=Cc1cnc(N[C@H](CC(C)C)C(=O)NC2CCCCC2)cn1. The zero-order chi connectivity index (χ0) is 19.6. The second-order valence-corrected chi connectivity index (χ2v) is 7.35. The van der Waals surface area contributed by atoms with Crippen molar-refractivity contribution in [1.29, 1.82) is 0 Å². The van der Waals surface area contributed by atoms with Crippen molar-refractivity contribution in [3.63, 3.8) is 0 Å². The molecule has 1 atom stereocenters. The summed E-state index contributed by atoms with van der Waals surface area (Å²) in [6, 6.07) is -0.0719. The summed E-state index contributed by atoms with van der Waals surface area (Å²) in [4.78, 5) is 32.4. The van der Waals surface area contributed by atoms with E-state index in [0.717, 1.165) is 12.8 Å². The summed E-state index contributed by atoms with van der Waals surface area (Å²) in [5, 5.41) is 6.38. The fraction of sp³-hybridized carbons (Fsp3) is 0.600. The van der Waals surface area contributed by atoms with Crippen LogP contribution in [0.4, 0.5) is 5.82 Å². The lowest BCUT2D eigenvalue weighted by molar-refractivity contribution is -0.134. The van der Waals surface area contributed by atoms with E-state index in [0.29, 0.717) is 23.9 Å². The van der Waals surface area contributed by atoms with E-state index in [-0.39, 0.29) is 18.0 Å². The number of ether oxygens (including phenoxy) is 1. The molecule has 1 heterocycles. The molecule has 0 aliphatic heterocycles. The first kappa shape index (κ1) is 20.9. The van der Waals surface area contributed by atoms with Gasteiger partial charge in [-0.1, -0.05) is 33.1 Å². The van der Waals surface area contributed by atoms with Crippen LogP contribution in [-0.2, 0) is 14.3 Å². The van der Waals surface area contributed by atoms with Crippen molar-refractivity contribution in [2.24, 2.45) is 5.92 Å². The molecule has 1 fully saturated rings. The molecule has 1 aromatic heterocycles. The number of aromatic nitrogens is 2. The van der Waals surface area contributed by atoms with Gasteiger partial charge in [0, 0.05) is 12.1 Å². The van der Waals surface area contributed by atoms with Crippen LogP contribution in [-0.4, -0.2) is 41.0 Å². The Bertz CT molecular complexity index is 637. The van der Waals surface area contributed by atoms with Crippen molar-refractivity contribution in [2.45, 2.75) is 64.5 Å². The maximum Gasteiger partial charge on any atom is 0.330 e. The topological polar surface area (TPSA) is 93.2 Å². The zero-order valence-corrected chi connectivity index (χ0v) is 16.4. The zero-order valence-electron chi connectivity index (χ0n) is 16.4. The van der Waals surface area contributed by atoms with Gasteiger partial charge in [0.15, 0.2) is 0 Å². The van der Waals surface area contributed by atoms with Crippen LogP contribution in [0.2, 0.25) is 0 Å². The van der Waals surface area contributed by atoms with Crippen LogP contribution in [0.25, 0.3) is 6.08 Å². The van der Waals surface area contributed by atoms with E-state index >= 15 is 0 Å². The molecule has 1 aromatic rings. The van der Waals surface area contributed by atoms with Crippen molar-refractivity contribution in [1.82, 2.24) is 15.3 Å². The van der Waals surface area contributed by atoms with Gasteiger partial charge in [-0.25, -0.2) is 9.78 Å². The van der Waals surface area contributed by atoms with E-state index in [1.165, 1.54) is 38.5 Å². The number of rotatable bonds is 8. The highest BCUT2D eigenvalue weighted by Crippen LogP contribution is 2.18. The summed E-state index contributed by atoms with van der Waals surface area (Å²) in [6.45, 7) is 4.18. The maximum absolute atomic E-state index is 12.7. The highest BCUT2D eigenvalue weighted by Gasteiger charge is 2.23. The fourth-order valence-electron chi connectivity index (χ4n) is 3.15. The molecule has 7 nitrogen and oxygen atoms in total. The number of hydrogen-bond donors (Lipinski definition) is 2. The van der Waals surface area contributed by atoms with Gasteiger partial charge in [0.2, 0.25) is 5.91 Å². The lowest BCUT2D eigenvalue weighted by Gasteiger charge is -2.27. The van der Waals surface area contributed by atoms with Crippen molar-refractivity contribution >= 4 is 23.8 Å². The second-order valence-electron chi connectivity index (χ2n) is 7.35. The van der Waals surface area contributed by atoms with E-state index in [1.54, 1.807) is 12.4 Å². The normalized spacial score (nSPS) is 16.3. The van der Waals surface area contributed by atoms with E-state index < -0.39 is 5.97 Å². The first-order chi connectivity index (χ1) is 13.0. The average Bonchev–Trinajstić information content (AvgIpc) is 2.67. The first-order valence-corrected chi connectivity index (χ1v) is 9.63. The average molecular weight is 374 g/mol. The van der Waals surface area contributed by atoms with Crippen molar-refractivity contribution in [3.05, 3.63) is 24.2 Å². The van der Waals surface area contributed by atoms with Gasteiger partial charge < -0.3 is 15.4 Å². The molecular weight excluding hydrogens is 344 g/mol. The fourth-order valence-corrected chi connectivity index (χ4v) is 3.15. The first-order valence-electron chi connectivity index (χ1n) is 9.63. The minimum atomic E-state index is -0.449. The molecule has 1 aliphatic carbocycles. The Kier molecular flexibility index (Phi) is 8.23. The largest absolute Gasteiger partial charge is 0.466 e. The van der Waals surface area contributed by atoms with Crippen molar-refractivity contribution < 1.29 is 14.3 Å². The molecule has 0 radical (unpaired) electrons. The quantitative estimate of drug-likeness (QED) is 0.537. The summed E-state index contributed by atoms with van der Waals surface area (Å²) in [5.74, 6) is 0.479. The number of anilines is 1. The van der Waals surface area contributed by atoms with E-state index in [4.69, 9.17) is 0 Å². The molecule has 0 spiro atoms. The van der Waals surface area contributed by atoms with Crippen LogP contribution in [0.15, 0.2) is 18.5 Å². The monoisotopic (exact) mass is 374 g/mol. The van der Waals surface area contributed by atoms with Crippen molar-refractivity contribution in [3.8, 4) is 0 Å². The van der Waals surface area contributed by atoms with E-state index in [2.05, 4.69) is 39.2 Å². The Balaban J connectivity index is 1.98. The highest BCUT2D eigenvalue weighted by atomic mass is 16.5. The highest BCUT2D eigenvalue weighted by molar-refractivity contribution is 5.86. The summed E-state index contributed by atoms with van der Waals surface area (Å²) in [6.07, 6.45) is 12.4. The lowest BCUT2D eigenvalue weighted by atomic mass is 9.94. The van der Waals surface area contributed by atoms with Gasteiger partial charge in [0.05, 0.1) is 25.2 Å². The minimum Gasteiger partial charge on any atom is -0.466 e. The van der Waals surface area contributed by atoms with Crippen LogP contribution in [0.1, 0.15) is 58.1 Å². The number of methoxy groups -OCH3 is 1. The van der Waals surface area contributed by atoms with Crippen LogP contribution in [0.5, 0.6) is 0 Å². The van der Waals surface area contributed by atoms with Gasteiger partial charge in [-0.05, 0) is 31.3 Å². The smallest absolute Gasteiger partial charge is 0.330 e. The minimum absolute atomic E-state index is 0.0204. The third-order valence-corrected chi connectivity index (χ3v) is 4.56. The summed E-state index contributed by atoms with van der Waals surface area (Å²) in [7, 11) is 1.32. The molecule has 7 heteroatoms. The Morgan fingerprint density at radius 1 is 1.22 bits per heavy atom. The van der Waals surface area contributed by atoms with Gasteiger partial charge in [0.25, 0.3) is 0 Å². The van der Waals surface area contributed by atoms with Gasteiger partial charge in [0.1, 0.15) is 11.9 Å². The van der Waals surface area contributed by atoms with Crippen LogP contribution in [0, 0.1) is 5.92 Å². The molecule has 148 valence electrons. The molecule has 2 N–H and O–H groups in total. The number of carbonyl (C=O) groups excluding carboxylic acids is 2. The molecule has 0 saturated heterocycles. The Hall–Kier alpha value is -2.44. The Labute approximate surface area is 161 Å². The molecule has 0 bridgehead atoms. The molecule has 1 saturated carbocycles. The van der Waals surface area contributed by atoms with Gasteiger partial charge in [-0.3, -0.25) is 9.78 Å². The summed E-state index contributed by atoms with van der Waals surface area (Å²) < 4.78 is 4.54. The van der Waals surface area contributed by atoms with Gasteiger partial charge in [-0.15, -0.1) is 0 Å². The van der Waals surface area contributed by atoms with Crippen LogP contribution in [0.3, 0.4) is 0 Å². The number of amides is 1. The number of esters is 1.